The smallest absolute Gasteiger partial charge is 0.210 e. The second kappa shape index (κ2) is 23.9. The van der Waals surface area contributed by atoms with E-state index in [1.807, 2.05) is 0 Å². The van der Waals surface area contributed by atoms with E-state index < -0.39 is 20.5 Å². The molecule has 4 aliphatic heterocycles. The maximum absolute atomic E-state index is 8.49. The van der Waals surface area contributed by atoms with E-state index >= 15 is 0 Å². The summed E-state index contributed by atoms with van der Waals surface area (Å²) >= 11 is 7.67. The summed E-state index contributed by atoms with van der Waals surface area (Å²) in [4.78, 5) is 4.95. The van der Waals surface area contributed by atoms with Gasteiger partial charge in [0.05, 0.1) is 10.8 Å². The Morgan fingerprint density at radius 2 is 0.814 bits per heavy atom. The molecule has 0 saturated heterocycles. The Morgan fingerprint density at radius 1 is 0.465 bits per heavy atom. The van der Waals surface area contributed by atoms with E-state index in [1.54, 1.807) is 0 Å². The Bertz CT molecular complexity index is 3710. The number of hydrogen-bond acceptors (Lipinski definition) is 10. The Morgan fingerprint density at radius 3 is 1.17 bits per heavy atom. The number of nitrogens with zero attached hydrogens (tertiary/aromatic N) is 4. The minimum Gasteiger partial charge on any atom is -0.347 e. The van der Waals surface area contributed by atoms with Crippen LogP contribution in [0.15, 0.2) is 190 Å². The van der Waals surface area contributed by atoms with E-state index in [0.29, 0.717) is 0 Å². The van der Waals surface area contributed by atoms with Crippen LogP contribution < -0.4 is 47.1 Å². The fraction of sp³-hybridized carbons (Fsp3) is 0.314. The molecule has 0 bridgehead atoms. The molecule has 13 rings (SSSR count). The molecule has 0 aromatic heterocycles. The number of benzene rings is 7. The van der Waals surface area contributed by atoms with Crippen molar-refractivity contribution >= 4 is 87.6 Å². The molecule has 7 aromatic carbocycles. The first kappa shape index (κ1) is 61.8. The van der Waals surface area contributed by atoms with Crippen molar-refractivity contribution < 1.29 is 66.9 Å². The van der Waals surface area contributed by atoms with Gasteiger partial charge in [-0.25, -0.2) is 37.3 Å². The highest BCUT2D eigenvalue weighted by Gasteiger charge is 2.50. The maximum atomic E-state index is 8.49. The highest BCUT2D eigenvalue weighted by Crippen LogP contribution is 2.57. The van der Waals surface area contributed by atoms with Crippen LogP contribution in [0.1, 0.15) is 125 Å². The fourth-order valence-corrected chi connectivity index (χ4v) is 16.2. The average Bonchev–Trinajstić information content (AvgIpc) is 1.61. The van der Waals surface area contributed by atoms with Gasteiger partial charge in [0.15, 0.2) is 24.5 Å². The molecule has 0 unspecified atom stereocenters. The molecule has 7 aromatic rings. The molecule has 2 saturated carbocycles. The predicted molar refractivity (Wildman–Crippen MR) is 327 cm³/mol. The molecule has 0 atom stereocenters. The molecule has 86 heavy (non-hydrogen) atoms. The number of anilines is 2. The molecule has 0 N–H and O–H groups in total. The topological polar surface area (TPSA) is 197 Å². The molecular formula is C70H70Br2Cl2N4O8. The molecular weight excluding hydrogens is 1260 g/mol. The fourth-order valence-electron chi connectivity index (χ4n) is 15.4. The highest BCUT2D eigenvalue weighted by atomic mass is 79.9. The van der Waals surface area contributed by atoms with Crippen molar-refractivity contribution in [3.05, 3.63) is 224 Å². The van der Waals surface area contributed by atoms with E-state index in [2.05, 4.69) is 263 Å². The Hall–Kier alpha value is -5.82. The van der Waals surface area contributed by atoms with Crippen LogP contribution >= 0.6 is 31.9 Å². The van der Waals surface area contributed by atoms with Crippen LogP contribution in [0, 0.1) is 20.5 Å². The molecule has 2 fully saturated rings. The summed E-state index contributed by atoms with van der Waals surface area (Å²) in [6.07, 6.45) is 27.0. The molecule has 446 valence electrons. The molecule has 0 radical (unpaired) electrons. The molecule has 16 heteroatoms. The predicted octanol–water partition coefficient (Wildman–Crippen LogP) is 8.74. The third-order valence-corrected chi connectivity index (χ3v) is 20.0. The van der Waals surface area contributed by atoms with Crippen molar-refractivity contribution in [1.29, 1.82) is 0 Å². The Balaban J connectivity index is 0.000000712. The van der Waals surface area contributed by atoms with Crippen LogP contribution in [0.25, 0.3) is 21.5 Å². The molecule has 12 nitrogen and oxygen atoms in total. The van der Waals surface area contributed by atoms with Gasteiger partial charge in [0.2, 0.25) is 11.4 Å². The largest absolute Gasteiger partial charge is 0.347 e. The quantitative estimate of drug-likeness (QED) is 0.133. The maximum Gasteiger partial charge on any atom is 0.210 e. The van der Waals surface area contributed by atoms with Crippen molar-refractivity contribution in [2.24, 2.45) is 0 Å². The lowest BCUT2D eigenvalue weighted by Gasteiger charge is -2.36. The summed E-state index contributed by atoms with van der Waals surface area (Å²) in [7, 11) is -5.33. The standard InChI is InChI=1S/C70H70Br2N4.2ClHO4/c1-67(2)61(23-17-25-63-69(39-13-7-14-40-69)55-43-51(71)33-37-57(55)73(63)5)75(59-35-31-49-19-9-11-21-53(49)65(59)67)45-47-27-29-48(30-28-47)46-76-60-36-32-50-20-10-12-22-54(50)66(60)68(3,4)62(76)24-18-26-64-70(41-15-8-16-42-70)56-44-52(72)34-38-58(56)74(64)6;2*2-1(3,4)5/h9-12,17-38,43-44H,7-8,13-16,39-42,45-46H2,1-6H3;2*(H,2,3,4,5)/q+2;;/p-2. The Kier molecular flexibility index (Phi) is 17.2. The van der Waals surface area contributed by atoms with E-state index in [1.165, 1.54) is 174 Å². The second-order valence-electron chi connectivity index (χ2n) is 24.7. The highest BCUT2D eigenvalue weighted by molar-refractivity contribution is 9.10. The summed E-state index contributed by atoms with van der Waals surface area (Å²) in [5, 5.41) is 5.26. The van der Waals surface area contributed by atoms with Gasteiger partial charge < -0.3 is 9.80 Å². The third-order valence-electron chi connectivity index (χ3n) is 19.0. The monoisotopic (exact) mass is 1320 g/mol. The van der Waals surface area contributed by atoms with Gasteiger partial charge in [-0.15, -0.1) is 20.5 Å². The summed E-state index contributed by atoms with van der Waals surface area (Å²) < 4.78 is 75.5. The molecule has 4 heterocycles. The molecule has 0 amide bonds. The van der Waals surface area contributed by atoms with Gasteiger partial charge in [0.1, 0.15) is 0 Å². The molecule has 6 aliphatic rings. The van der Waals surface area contributed by atoms with Crippen molar-refractivity contribution in [2.75, 3.05) is 23.9 Å². The van der Waals surface area contributed by atoms with Gasteiger partial charge in [0, 0.05) is 103 Å². The van der Waals surface area contributed by atoms with Gasteiger partial charge in [-0.2, -0.15) is 9.15 Å². The SMILES string of the molecule is CN1/C(=C/C=C/C2=[N+](Cc3ccc(C[N+]4=C(/C=C/C=C5/N(C)c6ccc(Br)cc6C56CCCCC6)C(C)(C)c5c4ccc4ccccc54)cc3)c3ccc4ccccc4c3C2(C)C)C2(CCCCC2)c2cc(Br)ccc21.[O-][Cl+3]([O-])([O-])[O-].[O-][Cl+3]([O-])([O-])[O-]. The van der Waals surface area contributed by atoms with Crippen molar-refractivity contribution in [2.45, 2.75) is 127 Å². The van der Waals surface area contributed by atoms with Gasteiger partial charge in [-0.1, -0.05) is 155 Å². The summed E-state index contributed by atoms with van der Waals surface area (Å²) in [5.74, 6) is 0. The van der Waals surface area contributed by atoms with Gasteiger partial charge in [-0.05, 0) is 147 Å². The van der Waals surface area contributed by atoms with Crippen molar-refractivity contribution in [3.8, 4) is 0 Å². The van der Waals surface area contributed by atoms with E-state index in [4.69, 9.17) is 37.3 Å². The molecule has 2 spiro atoms. The minimum absolute atomic E-state index is 0.0512. The van der Waals surface area contributed by atoms with E-state index in [9.17, 15) is 0 Å². The lowest BCUT2D eigenvalue weighted by atomic mass is 9.68. The van der Waals surface area contributed by atoms with Crippen molar-refractivity contribution in [1.82, 2.24) is 0 Å². The van der Waals surface area contributed by atoms with Gasteiger partial charge in [0.25, 0.3) is 0 Å². The first-order chi connectivity index (χ1) is 40.8. The lowest BCUT2D eigenvalue weighted by Crippen LogP contribution is -2.68. The first-order valence-corrected chi connectivity index (χ1v) is 33.4. The summed E-state index contributed by atoms with van der Waals surface area (Å²) in [6.45, 7) is 11.3. The summed E-state index contributed by atoms with van der Waals surface area (Å²) in [6, 6.07) is 50.7. The van der Waals surface area contributed by atoms with Crippen LogP contribution in [0.5, 0.6) is 0 Å². The lowest BCUT2D eigenvalue weighted by molar-refractivity contribution is -2.00. The van der Waals surface area contributed by atoms with Crippen LogP contribution in [0.3, 0.4) is 0 Å². The average molecular weight is 1330 g/mol. The molecule has 2 aliphatic carbocycles. The van der Waals surface area contributed by atoms with Gasteiger partial charge in [-0.3, -0.25) is 0 Å². The van der Waals surface area contributed by atoms with Crippen molar-refractivity contribution in [3.63, 3.8) is 0 Å². The summed E-state index contributed by atoms with van der Waals surface area (Å²) in [5.41, 5.74) is 18.9. The Labute approximate surface area is 525 Å². The third kappa shape index (κ3) is 11.9. The van der Waals surface area contributed by atoms with Crippen LogP contribution in [0.4, 0.5) is 22.7 Å². The van der Waals surface area contributed by atoms with E-state index in [0.717, 1.165) is 13.1 Å². The van der Waals surface area contributed by atoms with Crippen LogP contribution in [-0.4, -0.2) is 34.7 Å². The number of fused-ring (bicyclic) bond motifs is 10. The van der Waals surface area contributed by atoms with E-state index in [-0.39, 0.29) is 21.7 Å². The van der Waals surface area contributed by atoms with Crippen LogP contribution in [-0.2, 0) is 34.7 Å². The number of halogens is 4. The van der Waals surface area contributed by atoms with Crippen LogP contribution in [0.2, 0.25) is 0 Å². The zero-order valence-electron chi connectivity index (χ0n) is 49.2. The first-order valence-electron chi connectivity index (χ1n) is 29.3. The van der Waals surface area contributed by atoms with Gasteiger partial charge >= 0.3 is 0 Å². The minimum atomic E-state index is -4.94. The zero-order chi connectivity index (χ0) is 61.1. The normalized spacial score (nSPS) is 19.9. The number of allylic oxidation sites excluding steroid dienone is 8. The number of hydrogen-bond donors (Lipinski definition) is 0. The number of rotatable bonds is 8. The number of likely N-dealkylation sites (N-methyl/N-ethyl adjacent to an activating group) is 2. The second-order valence-corrected chi connectivity index (χ2v) is 28.0. The zero-order valence-corrected chi connectivity index (χ0v) is 53.9.